The number of carbonyl (C=O) groups excluding carboxylic acids is 1. The number of benzene rings is 1. The van der Waals surface area contributed by atoms with Crippen molar-refractivity contribution in [2.75, 3.05) is 7.11 Å². The number of nitrogens with zero attached hydrogens (tertiary/aromatic N) is 3. The summed E-state index contributed by atoms with van der Waals surface area (Å²) < 4.78 is 10.8. The van der Waals surface area contributed by atoms with Gasteiger partial charge in [-0.05, 0) is 6.92 Å². The van der Waals surface area contributed by atoms with Crippen LogP contribution in [-0.4, -0.2) is 28.0 Å². The summed E-state index contributed by atoms with van der Waals surface area (Å²) in [4.78, 5) is 23.8. The molecule has 0 fully saturated rings. The fourth-order valence-electron chi connectivity index (χ4n) is 2.23. The molecule has 112 valence electrons. The average molecular weight is 299 g/mol. The summed E-state index contributed by atoms with van der Waals surface area (Å²) >= 11 is 0. The molecule has 0 radical (unpaired) electrons. The molecule has 0 aliphatic carbocycles. The van der Waals surface area contributed by atoms with Crippen molar-refractivity contribution in [1.29, 1.82) is 0 Å². The molecule has 22 heavy (non-hydrogen) atoms. The minimum Gasteiger partial charge on any atom is -0.468 e. The molecule has 1 aromatic carbocycles. The van der Waals surface area contributed by atoms with Gasteiger partial charge in [-0.3, -0.25) is 9.59 Å². The molecule has 7 nitrogen and oxygen atoms in total. The Kier molecular flexibility index (Phi) is 3.46. The maximum absolute atomic E-state index is 12.3. The van der Waals surface area contributed by atoms with E-state index in [0.29, 0.717) is 16.8 Å². The lowest BCUT2D eigenvalue weighted by Crippen LogP contribution is -2.28. The van der Waals surface area contributed by atoms with E-state index >= 15 is 0 Å². The van der Waals surface area contributed by atoms with Crippen LogP contribution in [0.1, 0.15) is 5.76 Å². The maximum atomic E-state index is 12.3. The zero-order valence-corrected chi connectivity index (χ0v) is 12.1. The molecular formula is C15H13N3O4. The predicted octanol–water partition coefficient (Wildman–Crippen LogP) is 1.53. The molecule has 2 heterocycles. The Morgan fingerprint density at radius 3 is 2.73 bits per heavy atom. The maximum Gasteiger partial charge on any atom is 0.327 e. The zero-order chi connectivity index (χ0) is 15.7. The molecule has 0 N–H and O–H groups in total. The van der Waals surface area contributed by atoms with Crippen molar-refractivity contribution in [3.63, 3.8) is 0 Å². The molecule has 3 aromatic rings. The molecular weight excluding hydrogens is 286 g/mol. The molecule has 0 unspecified atom stereocenters. The second-order valence-corrected chi connectivity index (χ2v) is 4.72. The van der Waals surface area contributed by atoms with Crippen molar-refractivity contribution in [3.8, 4) is 11.3 Å². The first-order chi connectivity index (χ1) is 10.6. The van der Waals surface area contributed by atoms with Crippen LogP contribution in [0.3, 0.4) is 0 Å². The fraction of sp³-hybridized carbons (Fsp3) is 0.200. The van der Waals surface area contributed by atoms with Gasteiger partial charge in [-0.1, -0.05) is 35.5 Å². The molecule has 0 spiro atoms. The largest absolute Gasteiger partial charge is 0.468 e. The van der Waals surface area contributed by atoms with E-state index in [9.17, 15) is 9.59 Å². The third kappa shape index (κ3) is 2.26. The van der Waals surface area contributed by atoms with Crippen LogP contribution in [0.5, 0.6) is 0 Å². The normalized spacial score (nSPS) is 10.8. The summed E-state index contributed by atoms with van der Waals surface area (Å²) in [6, 6.07) is 9.33. The highest BCUT2D eigenvalue weighted by Gasteiger charge is 2.19. The Labute approximate surface area is 125 Å². The van der Waals surface area contributed by atoms with E-state index in [-0.39, 0.29) is 12.1 Å². The van der Waals surface area contributed by atoms with Gasteiger partial charge in [0.2, 0.25) is 0 Å². The highest BCUT2D eigenvalue weighted by atomic mass is 16.5. The average Bonchev–Trinajstić information content (AvgIpc) is 2.93. The Morgan fingerprint density at radius 1 is 1.32 bits per heavy atom. The van der Waals surface area contributed by atoms with Gasteiger partial charge in [0, 0.05) is 5.56 Å². The summed E-state index contributed by atoms with van der Waals surface area (Å²) in [6.07, 6.45) is 0. The van der Waals surface area contributed by atoms with Gasteiger partial charge in [-0.2, -0.15) is 5.10 Å². The third-order valence-electron chi connectivity index (χ3n) is 3.31. The summed E-state index contributed by atoms with van der Waals surface area (Å²) in [5.74, 6) is -0.0585. The SMILES string of the molecule is COC(=O)Cn1nc(-c2ccccc2)c2c(C)onc2c1=O. The zero-order valence-electron chi connectivity index (χ0n) is 12.1. The summed E-state index contributed by atoms with van der Waals surface area (Å²) in [5.41, 5.74) is 1.00. The van der Waals surface area contributed by atoms with Crippen LogP contribution in [-0.2, 0) is 16.1 Å². The number of aryl methyl sites for hydroxylation is 1. The Hall–Kier alpha value is -2.96. The molecule has 0 amide bonds. The lowest BCUT2D eigenvalue weighted by molar-refractivity contribution is -0.141. The van der Waals surface area contributed by atoms with Crippen molar-refractivity contribution in [2.24, 2.45) is 0 Å². The topological polar surface area (TPSA) is 87.2 Å². The van der Waals surface area contributed by atoms with Crippen molar-refractivity contribution >= 4 is 16.9 Å². The van der Waals surface area contributed by atoms with Crippen molar-refractivity contribution < 1.29 is 14.1 Å². The quantitative estimate of drug-likeness (QED) is 0.682. The van der Waals surface area contributed by atoms with Crippen molar-refractivity contribution in [2.45, 2.75) is 13.5 Å². The van der Waals surface area contributed by atoms with Gasteiger partial charge < -0.3 is 9.26 Å². The van der Waals surface area contributed by atoms with Gasteiger partial charge >= 0.3 is 5.97 Å². The Morgan fingerprint density at radius 2 is 2.05 bits per heavy atom. The van der Waals surface area contributed by atoms with Gasteiger partial charge in [0.25, 0.3) is 5.56 Å². The lowest BCUT2D eigenvalue weighted by atomic mass is 10.1. The van der Waals surface area contributed by atoms with E-state index in [1.54, 1.807) is 6.92 Å². The van der Waals surface area contributed by atoms with Crippen LogP contribution in [0.4, 0.5) is 0 Å². The van der Waals surface area contributed by atoms with Gasteiger partial charge in [0.15, 0.2) is 5.52 Å². The third-order valence-corrected chi connectivity index (χ3v) is 3.31. The van der Waals surface area contributed by atoms with E-state index in [0.717, 1.165) is 10.2 Å². The van der Waals surface area contributed by atoms with Crippen LogP contribution in [0.2, 0.25) is 0 Å². The van der Waals surface area contributed by atoms with E-state index in [4.69, 9.17) is 4.52 Å². The molecule has 0 aliphatic rings. The smallest absolute Gasteiger partial charge is 0.327 e. The first-order valence-corrected chi connectivity index (χ1v) is 6.61. The number of fused-ring (bicyclic) bond motifs is 1. The predicted molar refractivity (Wildman–Crippen MR) is 78.3 cm³/mol. The van der Waals surface area contributed by atoms with Crippen molar-refractivity contribution in [1.82, 2.24) is 14.9 Å². The summed E-state index contributed by atoms with van der Waals surface area (Å²) in [7, 11) is 1.25. The Balaban J connectivity index is 2.30. The monoisotopic (exact) mass is 299 g/mol. The minimum absolute atomic E-state index is 0.148. The first-order valence-electron chi connectivity index (χ1n) is 6.61. The standard InChI is InChI=1S/C15H13N3O4/c1-9-12-13(10-6-4-3-5-7-10)16-18(8-11(19)21-2)15(20)14(12)17-22-9/h3-7H,8H2,1-2H3. The van der Waals surface area contributed by atoms with Crippen LogP contribution >= 0.6 is 0 Å². The van der Waals surface area contributed by atoms with E-state index in [1.165, 1.54) is 7.11 Å². The van der Waals surface area contributed by atoms with Crippen LogP contribution in [0.15, 0.2) is 39.6 Å². The van der Waals surface area contributed by atoms with E-state index in [1.807, 2.05) is 30.3 Å². The number of rotatable bonds is 3. The second kappa shape index (κ2) is 5.44. The number of hydrogen-bond acceptors (Lipinski definition) is 6. The van der Waals surface area contributed by atoms with E-state index < -0.39 is 11.5 Å². The number of hydrogen-bond donors (Lipinski definition) is 0. The number of ether oxygens (including phenoxy) is 1. The number of aromatic nitrogens is 3. The van der Waals surface area contributed by atoms with Gasteiger partial charge in [0.1, 0.15) is 18.0 Å². The van der Waals surface area contributed by atoms with Gasteiger partial charge in [0.05, 0.1) is 12.5 Å². The molecule has 0 bridgehead atoms. The molecule has 3 rings (SSSR count). The Bertz CT molecular complexity index is 896. The molecule has 0 saturated carbocycles. The lowest BCUT2D eigenvalue weighted by Gasteiger charge is -2.07. The molecule has 7 heteroatoms. The highest BCUT2D eigenvalue weighted by Crippen LogP contribution is 2.26. The van der Waals surface area contributed by atoms with E-state index in [2.05, 4.69) is 15.0 Å². The number of esters is 1. The van der Waals surface area contributed by atoms with Gasteiger partial charge in [-0.25, -0.2) is 4.68 Å². The van der Waals surface area contributed by atoms with Crippen LogP contribution < -0.4 is 5.56 Å². The summed E-state index contributed by atoms with van der Waals surface area (Å²) in [5, 5.41) is 8.65. The highest BCUT2D eigenvalue weighted by molar-refractivity contribution is 5.93. The second-order valence-electron chi connectivity index (χ2n) is 4.72. The fourth-order valence-corrected chi connectivity index (χ4v) is 2.23. The molecule has 0 atom stereocenters. The molecule has 2 aromatic heterocycles. The van der Waals surface area contributed by atoms with Crippen LogP contribution in [0.25, 0.3) is 22.2 Å². The van der Waals surface area contributed by atoms with Gasteiger partial charge in [-0.15, -0.1) is 0 Å². The molecule has 0 saturated heterocycles. The van der Waals surface area contributed by atoms with Crippen LogP contribution in [0, 0.1) is 6.92 Å². The summed E-state index contributed by atoms with van der Waals surface area (Å²) in [6.45, 7) is 1.44. The first kappa shape index (κ1) is 14.0. The number of methoxy groups -OCH3 is 1. The molecule has 0 aliphatic heterocycles. The number of carbonyl (C=O) groups is 1. The minimum atomic E-state index is -0.562. The van der Waals surface area contributed by atoms with Crippen molar-refractivity contribution in [3.05, 3.63) is 46.4 Å².